The Morgan fingerprint density at radius 2 is 1.94 bits per heavy atom. The third-order valence-corrected chi connectivity index (χ3v) is 6.85. The lowest BCUT2D eigenvalue weighted by atomic mass is 10.0. The molecule has 182 valence electrons. The second kappa shape index (κ2) is 10.1. The molecule has 0 saturated carbocycles. The predicted octanol–water partition coefficient (Wildman–Crippen LogP) is 5.78. The smallest absolute Gasteiger partial charge is 0.221 e. The maximum Gasteiger partial charge on any atom is 0.221 e. The highest BCUT2D eigenvalue weighted by atomic mass is 79.9. The first-order valence-electron chi connectivity index (χ1n) is 11.4. The molecule has 7 nitrogen and oxygen atoms in total. The molecule has 1 saturated heterocycles. The number of hydrogen-bond acceptors (Lipinski definition) is 4. The highest BCUT2D eigenvalue weighted by Gasteiger charge is 2.42. The quantitative estimate of drug-likeness (QED) is 0.291. The number of benzene rings is 2. The number of hydrogen-bond donors (Lipinski definition) is 2. The van der Waals surface area contributed by atoms with Crippen molar-refractivity contribution in [3.8, 4) is 11.4 Å². The SMILES string of the molecule is COc1ccc(N2C(=S)N[C@@H](c3ccccn3)[C@@H]2c2cccn2-c2cccc(Br)c2)cc1NC(C)=O. The minimum Gasteiger partial charge on any atom is -0.495 e. The normalized spacial score (nSPS) is 17.1. The lowest BCUT2D eigenvalue weighted by Gasteiger charge is -2.29. The Morgan fingerprint density at radius 3 is 2.67 bits per heavy atom. The third-order valence-electron chi connectivity index (χ3n) is 6.04. The van der Waals surface area contributed by atoms with E-state index in [9.17, 15) is 4.79 Å². The Kier molecular flexibility index (Phi) is 6.75. The van der Waals surface area contributed by atoms with Crippen molar-refractivity contribution >= 4 is 50.5 Å². The number of halogens is 1. The zero-order chi connectivity index (χ0) is 25.2. The third kappa shape index (κ3) is 4.59. The van der Waals surface area contributed by atoms with Crippen LogP contribution in [0, 0.1) is 0 Å². The van der Waals surface area contributed by atoms with Crippen LogP contribution in [0.15, 0.2) is 89.7 Å². The molecule has 0 aliphatic carbocycles. The van der Waals surface area contributed by atoms with Crippen molar-refractivity contribution in [2.75, 3.05) is 17.3 Å². The molecule has 4 aromatic rings. The van der Waals surface area contributed by atoms with Crippen LogP contribution in [-0.4, -0.2) is 27.7 Å². The number of amides is 1. The minimum atomic E-state index is -0.222. The minimum absolute atomic E-state index is 0.181. The number of nitrogens with one attached hydrogen (secondary N) is 2. The van der Waals surface area contributed by atoms with Gasteiger partial charge in [-0.05, 0) is 72.9 Å². The summed E-state index contributed by atoms with van der Waals surface area (Å²) in [5, 5.41) is 6.92. The van der Waals surface area contributed by atoms with E-state index in [1.54, 1.807) is 13.3 Å². The Balaban J connectivity index is 1.66. The Bertz CT molecular complexity index is 1420. The first-order chi connectivity index (χ1) is 17.5. The summed E-state index contributed by atoms with van der Waals surface area (Å²) in [4.78, 5) is 18.6. The molecule has 3 heterocycles. The number of aromatic nitrogens is 2. The molecule has 1 aliphatic heterocycles. The van der Waals surface area contributed by atoms with E-state index >= 15 is 0 Å². The Morgan fingerprint density at radius 1 is 1.08 bits per heavy atom. The van der Waals surface area contributed by atoms with Crippen molar-refractivity contribution in [2.45, 2.75) is 19.0 Å². The summed E-state index contributed by atoms with van der Waals surface area (Å²) in [6.45, 7) is 1.47. The summed E-state index contributed by atoms with van der Waals surface area (Å²) in [5.41, 5.74) is 4.34. The van der Waals surface area contributed by atoms with E-state index in [2.05, 4.69) is 59.2 Å². The number of rotatable bonds is 6. The van der Waals surface area contributed by atoms with Crippen molar-refractivity contribution in [2.24, 2.45) is 0 Å². The van der Waals surface area contributed by atoms with E-state index in [1.807, 2.05) is 60.8 Å². The first-order valence-corrected chi connectivity index (χ1v) is 12.6. The van der Waals surface area contributed by atoms with Crippen LogP contribution in [0.5, 0.6) is 5.75 Å². The van der Waals surface area contributed by atoms with Gasteiger partial charge < -0.3 is 24.8 Å². The number of nitrogens with zero attached hydrogens (tertiary/aromatic N) is 3. The highest BCUT2D eigenvalue weighted by molar-refractivity contribution is 9.10. The molecule has 0 bridgehead atoms. The van der Waals surface area contributed by atoms with Crippen LogP contribution in [-0.2, 0) is 4.79 Å². The number of pyridine rings is 1. The number of carbonyl (C=O) groups is 1. The summed E-state index contributed by atoms with van der Waals surface area (Å²) in [6, 6.07) is 23.4. The molecule has 0 unspecified atom stereocenters. The maximum atomic E-state index is 11.9. The van der Waals surface area contributed by atoms with Crippen LogP contribution in [0.1, 0.15) is 30.4 Å². The van der Waals surface area contributed by atoms with Crippen molar-refractivity contribution in [1.82, 2.24) is 14.9 Å². The fourth-order valence-corrected chi connectivity index (χ4v) is 5.30. The number of thiocarbonyl (C=S) groups is 1. The topological polar surface area (TPSA) is 71.4 Å². The molecule has 1 aliphatic rings. The maximum absolute atomic E-state index is 11.9. The first kappa shape index (κ1) is 24.0. The number of ether oxygens (including phenoxy) is 1. The van der Waals surface area contributed by atoms with Crippen LogP contribution in [0.2, 0.25) is 0 Å². The van der Waals surface area contributed by atoms with Gasteiger partial charge >= 0.3 is 0 Å². The monoisotopic (exact) mass is 561 g/mol. The zero-order valence-electron chi connectivity index (χ0n) is 19.7. The molecule has 0 spiro atoms. The van der Waals surface area contributed by atoms with Crippen molar-refractivity contribution in [3.05, 3.63) is 101 Å². The van der Waals surface area contributed by atoms with Crippen LogP contribution in [0.25, 0.3) is 5.69 Å². The van der Waals surface area contributed by atoms with Gasteiger partial charge in [-0.3, -0.25) is 9.78 Å². The van der Waals surface area contributed by atoms with Crippen molar-refractivity contribution in [1.29, 1.82) is 0 Å². The van der Waals surface area contributed by atoms with Gasteiger partial charge in [0.2, 0.25) is 5.91 Å². The second-order valence-electron chi connectivity index (χ2n) is 8.35. The summed E-state index contributed by atoms with van der Waals surface area (Å²) in [6.07, 6.45) is 3.83. The molecule has 2 N–H and O–H groups in total. The Hall–Kier alpha value is -3.69. The summed E-state index contributed by atoms with van der Waals surface area (Å²) >= 11 is 9.47. The number of methoxy groups -OCH3 is 1. The number of carbonyl (C=O) groups excluding carboxylic acids is 1. The average molecular weight is 562 g/mol. The van der Waals surface area contributed by atoms with Gasteiger partial charge in [-0.2, -0.15) is 0 Å². The van der Waals surface area contributed by atoms with Gasteiger partial charge in [0.15, 0.2) is 5.11 Å². The molecular weight excluding hydrogens is 538 g/mol. The van der Waals surface area contributed by atoms with Gasteiger partial charge in [0.1, 0.15) is 11.8 Å². The predicted molar refractivity (Wildman–Crippen MR) is 149 cm³/mol. The van der Waals surface area contributed by atoms with Gasteiger partial charge in [0.05, 0.1) is 24.5 Å². The molecule has 2 aromatic heterocycles. The van der Waals surface area contributed by atoms with E-state index in [0.717, 1.165) is 27.2 Å². The molecule has 0 radical (unpaired) electrons. The molecule has 36 heavy (non-hydrogen) atoms. The molecule has 2 aromatic carbocycles. The molecule has 1 amide bonds. The molecule has 9 heteroatoms. The van der Waals surface area contributed by atoms with Crippen molar-refractivity contribution < 1.29 is 9.53 Å². The Labute approximate surface area is 223 Å². The summed E-state index contributed by atoms with van der Waals surface area (Å²) in [5.74, 6) is 0.390. The van der Waals surface area contributed by atoms with Gasteiger partial charge in [0, 0.05) is 40.9 Å². The van der Waals surface area contributed by atoms with Gasteiger partial charge in [-0.1, -0.05) is 28.1 Å². The molecule has 1 fully saturated rings. The van der Waals surface area contributed by atoms with E-state index in [-0.39, 0.29) is 18.0 Å². The van der Waals surface area contributed by atoms with E-state index < -0.39 is 0 Å². The zero-order valence-corrected chi connectivity index (χ0v) is 22.1. The highest BCUT2D eigenvalue weighted by Crippen LogP contribution is 2.43. The van der Waals surface area contributed by atoms with Crippen LogP contribution in [0.4, 0.5) is 11.4 Å². The fourth-order valence-electron chi connectivity index (χ4n) is 4.56. The van der Waals surface area contributed by atoms with Crippen LogP contribution in [0.3, 0.4) is 0 Å². The largest absolute Gasteiger partial charge is 0.495 e. The van der Waals surface area contributed by atoms with Crippen LogP contribution >= 0.6 is 28.1 Å². The molecule has 2 atom stereocenters. The van der Waals surface area contributed by atoms with Gasteiger partial charge in [-0.25, -0.2) is 0 Å². The number of anilines is 2. The van der Waals surface area contributed by atoms with Crippen LogP contribution < -0.4 is 20.3 Å². The lowest BCUT2D eigenvalue weighted by Crippen LogP contribution is -2.30. The molecular formula is C27H24BrN5O2S. The van der Waals surface area contributed by atoms with Gasteiger partial charge in [0.25, 0.3) is 0 Å². The average Bonchev–Trinajstić information content (AvgIpc) is 3.48. The lowest BCUT2D eigenvalue weighted by molar-refractivity contribution is -0.114. The fraction of sp³-hybridized carbons (Fsp3) is 0.148. The van der Waals surface area contributed by atoms with E-state index in [1.165, 1.54) is 6.92 Å². The second-order valence-corrected chi connectivity index (χ2v) is 9.65. The van der Waals surface area contributed by atoms with Crippen molar-refractivity contribution in [3.63, 3.8) is 0 Å². The summed E-state index contributed by atoms with van der Waals surface area (Å²) in [7, 11) is 1.58. The van der Waals surface area contributed by atoms with E-state index in [4.69, 9.17) is 17.0 Å². The molecule has 5 rings (SSSR count). The standard InChI is InChI=1S/C27H24BrN5O2S/c1-17(34)30-22-16-20(11-12-24(22)35-2)33-26(25(31-27(33)36)21-9-3-4-13-29-21)23-10-6-14-32(23)19-8-5-7-18(28)15-19/h3-16,25-26H,1-2H3,(H,30,34)(H,31,36)/t25-,26-/m0/s1. The van der Waals surface area contributed by atoms with Gasteiger partial charge in [-0.15, -0.1) is 0 Å². The van der Waals surface area contributed by atoms with E-state index in [0.29, 0.717) is 16.5 Å². The summed E-state index contributed by atoms with van der Waals surface area (Å²) < 4.78 is 8.62.